The summed E-state index contributed by atoms with van der Waals surface area (Å²) in [4.78, 5) is 10.6. The number of carboxylic acid groups (broad SMARTS) is 1. The third kappa shape index (κ3) is 4.04. The SMILES string of the molecule is O=C(O)Cc1cccc(OCC2CCNCC2)c1. The Balaban J connectivity index is 1.86. The van der Waals surface area contributed by atoms with Gasteiger partial charge in [-0.3, -0.25) is 4.79 Å². The average molecular weight is 249 g/mol. The van der Waals surface area contributed by atoms with E-state index in [0.29, 0.717) is 5.92 Å². The van der Waals surface area contributed by atoms with E-state index >= 15 is 0 Å². The minimum absolute atomic E-state index is 0.0462. The fourth-order valence-electron chi connectivity index (χ4n) is 2.18. The Labute approximate surface area is 107 Å². The van der Waals surface area contributed by atoms with Gasteiger partial charge in [0.05, 0.1) is 13.0 Å². The van der Waals surface area contributed by atoms with Crippen LogP contribution in [0.25, 0.3) is 0 Å². The molecule has 4 heteroatoms. The van der Waals surface area contributed by atoms with Crippen molar-refractivity contribution in [1.29, 1.82) is 0 Å². The minimum Gasteiger partial charge on any atom is -0.493 e. The summed E-state index contributed by atoms with van der Waals surface area (Å²) in [5, 5.41) is 12.1. The van der Waals surface area contributed by atoms with E-state index in [-0.39, 0.29) is 6.42 Å². The van der Waals surface area contributed by atoms with Gasteiger partial charge in [-0.1, -0.05) is 12.1 Å². The van der Waals surface area contributed by atoms with Crippen LogP contribution >= 0.6 is 0 Å². The zero-order chi connectivity index (χ0) is 12.8. The number of ether oxygens (including phenoxy) is 1. The minimum atomic E-state index is -0.814. The molecule has 0 aliphatic carbocycles. The molecule has 1 aliphatic rings. The summed E-state index contributed by atoms with van der Waals surface area (Å²) >= 11 is 0. The van der Waals surface area contributed by atoms with Gasteiger partial charge in [0, 0.05) is 0 Å². The molecular weight excluding hydrogens is 230 g/mol. The number of hydrogen-bond acceptors (Lipinski definition) is 3. The third-order valence-corrected chi connectivity index (χ3v) is 3.20. The van der Waals surface area contributed by atoms with Crippen LogP contribution in [0.5, 0.6) is 5.75 Å². The molecule has 0 bridgehead atoms. The maximum absolute atomic E-state index is 10.6. The summed E-state index contributed by atoms with van der Waals surface area (Å²) in [6.45, 7) is 2.85. The molecule has 0 spiro atoms. The molecule has 4 nitrogen and oxygen atoms in total. The summed E-state index contributed by atoms with van der Waals surface area (Å²) in [6, 6.07) is 7.35. The average Bonchev–Trinajstić information content (AvgIpc) is 2.37. The summed E-state index contributed by atoms with van der Waals surface area (Å²) in [7, 11) is 0. The summed E-state index contributed by atoms with van der Waals surface area (Å²) < 4.78 is 5.75. The summed E-state index contributed by atoms with van der Waals surface area (Å²) in [6.07, 6.45) is 2.34. The zero-order valence-corrected chi connectivity index (χ0v) is 10.4. The number of piperidine rings is 1. The lowest BCUT2D eigenvalue weighted by atomic mass is 9.99. The normalized spacial score (nSPS) is 16.4. The van der Waals surface area contributed by atoms with E-state index in [4.69, 9.17) is 9.84 Å². The van der Waals surface area contributed by atoms with Crippen molar-refractivity contribution in [2.75, 3.05) is 19.7 Å². The summed E-state index contributed by atoms with van der Waals surface area (Å²) in [5.74, 6) is 0.562. The second-order valence-electron chi connectivity index (χ2n) is 4.72. The molecule has 0 saturated carbocycles. The maximum atomic E-state index is 10.6. The molecule has 1 aromatic carbocycles. The number of hydrogen-bond donors (Lipinski definition) is 2. The van der Waals surface area contributed by atoms with E-state index in [1.807, 2.05) is 24.3 Å². The Hall–Kier alpha value is -1.55. The number of nitrogens with one attached hydrogen (secondary N) is 1. The largest absolute Gasteiger partial charge is 0.493 e. The van der Waals surface area contributed by atoms with Gasteiger partial charge in [-0.2, -0.15) is 0 Å². The monoisotopic (exact) mass is 249 g/mol. The van der Waals surface area contributed by atoms with Gasteiger partial charge < -0.3 is 15.2 Å². The van der Waals surface area contributed by atoms with Crippen LogP contribution < -0.4 is 10.1 Å². The molecule has 98 valence electrons. The van der Waals surface area contributed by atoms with Crippen molar-refractivity contribution >= 4 is 5.97 Å². The molecule has 0 radical (unpaired) electrons. The zero-order valence-electron chi connectivity index (χ0n) is 10.4. The highest BCUT2D eigenvalue weighted by molar-refractivity contribution is 5.70. The molecule has 0 unspecified atom stereocenters. The van der Waals surface area contributed by atoms with E-state index in [0.717, 1.165) is 43.9 Å². The number of aliphatic carboxylic acids is 1. The molecule has 2 N–H and O–H groups in total. The molecule has 2 rings (SSSR count). The molecule has 0 amide bonds. The van der Waals surface area contributed by atoms with E-state index in [1.165, 1.54) is 0 Å². The first-order chi connectivity index (χ1) is 8.74. The van der Waals surface area contributed by atoms with Crippen LogP contribution in [0, 0.1) is 5.92 Å². The maximum Gasteiger partial charge on any atom is 0.307 e. The van der Waals surface area contributed by atoms with Gasteiger partial charge in [-0.25, -0.2) is 0 Å². The Morgan fingerprint density at radius 2 is 2.17 bits per heavy atom. The van der Waals surface area contributed by atoms with Crippen LogP contribution in [-0.4, -0.2) is 30.8 Å². The molecule has 1 fully saturated rings. The number of benzene rings is 1. The van der Waals surface area contributed by atoms with E-state index in [9.17, 15) is 4.79 Å². The third-order valence-electron chi connectivity index (χ3n) is 3.20. The predicted molar refractivity (Wildman–Crippen MR) is 68.9 cm³/mol. The van der Waals surface area contributed by atoms with Crippen LogP contribution in [0.1, 0.15) is 18.4 Å². The Morgan fingerprint density at radius 3 is 2.89 bits per heavy atom. The highest BCUT2D eigenvalue weighted by Crippen LogP contribution is 2.17. The van der Waals surface area contributed by atoms with Crippen LogP contribution in [-0.2, 0) is 11.2 Å². The topological polar surface area (TPSA) is 58.6 Å². The molecule has 1 saturated heterocycles. The predicted octanol–water partition coefficient (Wildman–Crippen LogP) is 1.69. The van der Waals surface area contributed by atoms with Gasteiger partial charge in [0.2, 0.25) is 0 Å². The molecule has 1 heterocycles. The number of carboxylic acids is 1. The first-order valence-electron chi connectivity index (χ1n) is 6.38. The first-order valence-corrected chi connectivity index (χ1v) is 6.38. The van der Waals surface area contributed by atoms with Crippen molar-refractivity contribution in [2.24, 2.45) is 5.92 Å². The van der Waals surface area contributed by atoms with Crippen molar-refractivity contribution in [1.82, 2.24) is 5.32 Å². The van der Waals surface area contributed by atoms with Gasteiger partial charge in [0.25, 0.3) is 0 Å². The Morgan fingerprint density at radius 1 is 1.39 bits per heavy atom. The van der Waals surface area contributed by atoms with Crippen molar-refractivity contribution in [2.45, 2.75) is 19.3 Å². The fourth-order valence-corrected chi connectivity index (χ4v) is 2.18. The van der Waals surface area contributed by atoms with Gasteiger partial charge in [-0.05, 0) is 49.5 Å². The van der Waals surface area contributed by atoms with Crippen LogP contribution in [0.2, 0.25) is 0 Å². The molecule has 1 aliphatic heterocycles. The first kappa shape index (κ1) is 12.9. The highest BCUT2D eigenvalue weighted by atomic mass is 16.5. The van der Waals surface area contributed by atoms with E-state index < -0.39 is 5.97 Å². The lowest BCUT2D eigenvalue weighted by Crippen LogP contribution is -2.30. The summed E-state index contributed by atoms with van der Waals surface area (Å²) in [5.41, 5.74) is 0.783. The second kappa shape index (κ2) is 6.40. The van der Waals surface area contributed by atoms with Gasteiger partial charge in [0.1, 0.15) is 5.75 Å². The van der Waals surface area contributed by atoms with Gasteiger partial charge in [0.15, 0.2) is 0 Å². The molecule has 0 atom stereocenters. The van der Waals surface area contributed by atoms with Crippen LogP contribution in [0.3, 0.4) is 0 Å². The molecule has 18 heavy (non-hydrogen) atoms. The molecule has 1 aromatic rings. The lowest BCUT2D eigenvalue weighted by Gasteiger charge is -2.22. The van der Waals surface area contributed by atoms with E-state index in [2.05, 4.69) is 5.32 Å². The van der Waals surface area contributed by atoms with Crippen molar-refractivity contribution in [3.8, 4) is 5.75 Å². The van der Waals surface area contributed by atoms with Crippen molar-refractivity contribution < 1.29 is 14.6 Å². The smallest absolute Gasteiger partial charge is 0.307 e. The Kier molecular flexibility index (Phi) is 4.59. The highest BCUT2D eigenvalue weighted by Gasteiger charge is 2.13. The second-order valence-corrected chi connectivity index (χ2v) is 4.72. The van der Waals surface area contributed by atoms with Crippen LogP contribution in [0.15, 0.2) is 24.3 Å². The lowest BCUT2D eigenvalue weighted by molar-refractivity contribution is -0.136. The fraction of sp³-hybridized carbons (Fsp3) is 0.500. The van der Waals surface area contributed by atoms with Gasteiger partial charge >= 0.3 is 5.97 Å². The number of carbonyl (C=O) groups is 1. The van der Waals surface area contributed by atoms with Crippen molar-refractivity contribution in [3.63, 3.8) is 0 Å². The molecule has 0 aromatic heterocycles. The van der Waals surface area contributed by atoms with E-state index in [1.54, 1.807) is 0 Å². The molecular formula is C14H19NO3. The van der Waals surface area contributed by atoms with Gasteiger partial charge in [-0.15, -0.1) is 0 Å². The van der Waals surface area contributed by atoms with Crippen LogP contribution in [0.4, 0.5) is 0 Å². The van der Waals surface area contributed by atoms with Crippen molar-refractivity contribution in [3.05, 3.63) is 29.8 Å². The number of rotatable bonds is 5. The quantitative estimate of drug-likeness (QED) is 0.833. The standard InChI is InChI=1S/C14H19NO3/c16-14(17)9-12-2-1-3-13(8-12)18-10-11-4-6-15-7-5-11/h1-3,8,11,15H,4-7,9-10H2,(H,16,17). The Bertz CT molecular complexity index is 400.